The Bertz CT molecular complexity index is 171. The van der Waals surface area contributed by atoms with Gasteiger partial charge in [0.25, 0.3) is 0 Å². The number of rotatable bonds is 6. The fourth-order valence-electron chi connectivity index (χ4n) is 1.10. The van der Waals surface area contributed by atoms with E-state index in [1.54, 1.807) is 6.92 Å². The second kappa shape index (κ2) is 6.75. The molecule has 84 valence electrons. The first-order valence-electron chi connectivity index (χ1n) is 4.46. The Hall–Kier alpha value is -0.650. The summed E-state index contributed by atoms with van der Waals surface area (Å²) in [5, 5.41) is 18.2. The van der Waals surface area contributed by atoms with Crippen LogP contribution in [-0.2, 0) is 14.3 Å². The van der Waals surface area contributed by atoms with Gasteiger partial charge < -0.3 is 19.7 Å². The second-order valence-electron chi connectivity index (χ2n) is 3.27. The van der Waals surface area contributed by atoms with Crippen LogP contribution in [0.1, 0.15) is 13.3 Å². The van der Waals surface area contributed by atoms with Gasteiger partial charge in [0.05, 0.1) is 13.2 Å². The maximum absolute atomic E-state index is 11.0. The van der Waals surface area contributed by atoms with E-state index in [0.717, 1.165) is 0 Å². The lowest BCUT2D eigenvalue weighted by molar-refractivity contribution is -0.158. The fourth-order valence-corrected chi connectivity index (χ4v) is 1.10. The SMILES string of the molecule is COC(=O)[C@@H](O)[C@H](CC(C)CO)OC. The van der Waals surface area contributed by atoms with Crippen LogP contribution in [0.25, 0.3) is 0 Å². The van der Waals surface area contributed by atoms with Crippen molar-refractivity contribution in [1.82, 2.24) is 0 Å². The molecule has 0 amide bonds. The first-order valence-corrected chi connectivity index (χ1v) is 4.46. The Balaban J connectivity index is 4.18. The Morgan fingerprint density at radius 2 is 2.00 bits per heavy atom. The van der Waals surface area contributed by atoms with Crippen molar-refractivity contribution in [3.63, 3.8) is 0 Å². The molecule has 0 radical (unpaired) electrons. The van der Waals surface area contributed by atoms with Crippen molar-refractivity contribution in [2.75, 3.05) is 20.8 Å². The summed E-state index contributed by atoms with van der Waals surface area (Å²) in [6.07, 6.45) is -1.52. The van der Waals surface area contributed by atoms with Crippen LogP contribution in [-0.4, -0.2) is 49.2 Å². The van der Waals surface area contributed by atoms with Crippen molar-refractivity contribution >= 4 is 5.97 Å². The molecule has 0 aliphatic carbocycles. The van der Waals surface area contributed by atoms with E-state index in [0.29, 0.717) is 6.42 Å². The number of hydrogen-bond donors (Lipinski definition) is 2. The number of ether oxygens (including phenoxy) is 2. The first-order chi connectivity index (χ1) is 6.56. The zero-order valence-electron chi connectivity index (χ0n) is 8.77. The molecule has 0 aliphatic rings. The molecule has 0 fully saturated rings. The maximum Gasteiger partial charge on any atom is 0.337 e. The quantitative estimate of drug-likeness (QED) is 0.576. The van der Waals surface area contributed by atoms with E-state index in [9.17, 15) is 9.90 Å². The van der Waals surface area contributed by atoms with Gasteiger partial charge in [-0.05, 0) is 12.3 Å². The monoisotopic (exact) mass is 206 g/mol. The summed E-state index contributed by atoms with van der Waals surface area (Å²) >= 11 is 0. The lowest BCUT2D eigenvalue weighted by Crippen LogP contribution is -2.37. The summed E-state index contributed by atoms with van der Waals surface area (Å²) in [6.45, 7) is 1.80. The molecular weight excluding hydrogens is 188 g/mol. The standard InChI is InChI=1S/C9H18O5/c1-6(5-10)4-7(13-2)8(11)9(12)14-3/h6-8,10-11H,4-5H2,1-3H3/t6?,7-,8-/m0/s1. The molecule has 0 aromatic rings. The molecule has 0 aromatic carbocycles. The fraction of sp³-hybridized carbons (Fsp3) is 0.889. The Morgan fingerprint density at radius 1 is 1.43 bits per heavy atom. The van der Waals surface area contributed by atoms with Gasteiger partial charge >= 0.3 is 5.97 Å². The Labute approximate surface area is 83.6 Å². The van der Waals surface area contributed by atoms with Crippen LogP contribution < -0.4 is 0 Å². The molecule has 0 aromatic heterocycles. The van der Waals surface area contributed by atoms with Crippen LogP contribution in [0, 0.1) is 5.92 Å². The van der Waals surface area contributed by atoms with Crippen LogP contribution >= 0.6 is 0 Å². The smallest absolute Gasteiger partial charge is 0.337 e. The van der Waals surface area contributed by atoms with E-state index in [2.05, 4.69) is 4.74 Å². The largest absolute Gasteiger partial charge is 0.467 e. The summed E-state index contributed by atoms with van der Waals surface area (Å²) in [5.41, 5.74) is 0. The summed E-state index contributed by atoms with van der Waals surface area (Å²) in [4.78, 5) is 11.0. The molecule has 3 atom stereocenters. The van der Waals surface area contributed by atoms with Crippen molar-refractivity contribution in [3.8, 4) is 0 Å². The van der Waals surface area contributed by atoms with E-state index < -0.39 is 18.2 Å². The van der Waals surface area contributed by atoms with Crippen molar-refractivity contribution in [2.24, 2.45) is 5.92 Å². The number of carbonyl (C=O) groups is 1. The molecule has 14 heavy (non-hydrogen) atoms. The van der Waals surface area contributed by atoms with Gasteiger partial charge in [0, 0.05) is 13.7 Å². The van der Waals surface area contributed by atoms with Gasteiger partial charge in [-0.1, -0.05) is 6.92 Å². The minimum Gasteiger partial charge on any atom is -0.467 e. The maximum atomic E-state index is 11.0. The minimum atomic E-state index is -1.29. The molecule has 1 unspecified atom stereocenters. The molecule has 0 saturated heterocycles. The third kappa shape index (κ3) is 4.04. The van der Waals surface area contributed by atoms with Crippen molar-refractivity contribution in [1.29, 1.82) is 0 Å². The number of aliphatic hydroxyl groups is 2. The number of esters is 1. The Kier molecular flexibility index (Phi) is 6.44. The molecule has 0 rings (SSSR count). The molecule has 0 aliphatic heterocycles. The molecule has 0 bridgehead atoms. The van der Waals surface area contributed by atoms with E-state index in [-0.39, 0.29) is 12.5 Å². The van der Waals surface area contributed by atoms with Crippen LogP contribution in [0.4, 0.5) is 0 Å². The van der Waals surface area contributed by atoms with Gasteiger partial charge in [-0.25, -0.2) is 4.79 Å². The summed E-state index contributed by atoms with van der Waals surface area (Å²) in [5.74, 6) is -0.749. The minimum absolute atomic E-state index is 0.00620. The normalized spacial score (nSPS) is 17.2. The van der Waals surface area contributed by atoms with Gasteiger partial charge in [-0.2, -0.15) is 0 Å². The second-order valence-corrected chi connectivity index (χ2v) is 3.27. The lowest BCUT2D eigenvalue weighted by atomic mass is 10.0. The first kappa shape index (κ1) is 13.4. The average molecular weight is 206 g/mol. The van der Waals surface area contributed by atoms with E-state index in [1.807, 2.05) is 0 Å². The topological polar surface area (TPSA) is 76.0 Å². The van der Waals surface area contributed by atoms with E-state index in [1.165, 1.54) is 14.2 Å². The van der Waals surface area contributed by atoms with Crippen LogP contribution in [0.3, 0.4) is 0 Å². The molecule has 0 heterocycles. The zero-order chi connectivity index (χ0) is 11.1. The van der Waals surface area contributed by atoms with Crippen molar-refractivity contribution in [2.45, 2.75) is 25.6 Å². The van der Waals surface area contributed by atoms with Crippen LogP contribution in [0.2, 0.25) is 0 Å². The highest BCUT2D eigenvalue weighted by atomic mass is 16.5. The highest BCUT2D eigenvalue weighted by Gasteiger charge is 2.27. The van der Waals surface area contributed by atoms with Crippen LogP contribution in [0.15, 0.2) is 0 Å². The molecule has 0 saturated carbocycles. The van der Waals surface area contributed by atoms with E-state index >= 15 is 0 Å². The van der Waals surface area contributed by atoms with Gasteiger partial charge in [0.2, 0.25) is 0 Å². The molecule has 0 spiro atoms. The molecular formula is C9H18O5. The van der Waals surface area contributed by atoms with Gasteiger partial charge in [-0.15, -0.1) is 0 Å². The van der Waals surface area contributed by atoms with Crippen molar-refractivity contribution < 1.29 is 24.5 Å². The van der Waals surface area contributed by atoms with Gasteiger partial charge in [-0.3, -0.25) is 0 Å². The molecule has 5 heteroatoms. The zero-order valence-corrected chi connectivity index (χ0v) is 8.77. The lowest BCUT2D eigenvalue weighted by Gasteiger charge is -2.21. The summed E-state index contributed by atoms with van der Waals surface area (Å²) < 4.78 is 9.32. The van der Waals surface area contributed by atoms with E-state index in [4.69, 9.17) is 9.84 Å². The third-order valence-corrected chi connectivity index (χ3v) is 2.04. The van der Waals surface area contributed by atoms with Crippen LogP contribution in [0.5, 0.6) is 0 Å². The predicted molar refractivity (Wildman–Crippen MR) is 49.7 cm³/mol. The molecule has 5 nitrogen and oxygen atoms in total. The average Bonchev–Trinajstić information content (AvgIpc) is 2.23. The third-order valence-electron chi connectivity index (χ3n) is 2.04. The summed E-state index contributed by atoms with van der Waals surface area (Å²) in [7, 11) is 2.61. The Morgan fingerprint density at radius 3 is 2.36 bits per heavy atom. The number of hydrogen-bond acceptors (Lipinski definition) is 5. The highest BCUT2D eigenvalue weighted by Crippen LogP contribution is 2.12. The van der Waals surface area contributed by atoms with Gasteiger partial charge in [0.1, 0.15) is 0 Å². The predicted octanol–water partition coefficient (Wildman–Crippen LogP) is -0.446. The molecule has 2 N–H and O–H groups in total. The number of carbonyl (C=O) groups excluding carboxylic acids is 1. The number of aliphatic hydroxyl groups excluding tert-OH is 2. The van der Waals surface area contributed by atoms with Gasteiger partial charge in [0.15, 0.2) is 6.10 Å². The highest BCUT2D eigenvalue weighted by molar-refractivity contribution is 5.74. The van der Waals surface area contributed by atoms with Crippen molar-refractivity contribution in [3.05, 3.63) is 0 Å². The number of methoxy groups -OCH3 is 2. The summed E-state index contributed by atoms with van der Waals surface area (Å²) in [6, 6.07) is 0.